The normalized spacial score (nSPS) is 13.8. The Bertz CT molecular complexity index is 1910. The first kappa shape index (κ1) is 33.8. The molecule has 1 fully saturated rings. The van der Waals surface area contributed by atoms with E-state index in [0.717, 1.165) is 46.1 Å². The van der Waals surface area contributed by atoms with Crippen molar-refractivity contribution in [2.24, 2.45) is 0 Å². The van der Waals surface area contributed by atoms with E-state index in [2.05, 4.69) is 19.6 Å². The van der Waals surface area contributed by atoms with Crippen molar-refractivity contribution in [3.05, 3.63) is 77.1 Å². The number of carbonyl (C=O) groups excluding carboxylic acids is 2. The molecule has 0 radical (unpaired) electrons. The molecule has 0 bridgehead atoms. The average molecular weight is 669 g/mol. The average Bonchev–Trinajstić information content (AvgIpc) is 3.49. The van der Waals surface area contributed by atoms with Gasteiger partial charge in [-0.05, 0) is 54.8 Å². The van der Waals surface area contributed by atoms with Gasteiger partial charge in [-0.1, -0.05) is 26.3 Å². The smallest absolute Gasteiger partial charge is 0.409 e. The van der Waals surface area contributed by atoms with Gasteiger partial charge in [0.1, 0.15) is 11.5 Å². The number of aromatic amines is 1. The standard InChI is InChI=1S/C33H38F2N6O5S/c1-5-7-16-46-33(43)41-14-12-40(13-15-41)23-8-9-24(21(3)17-23)22-18-25-26(20-37-32(25)36-19-22)31(42)29-27(34)10-11-28(30(29)35)38-47(44,45)39(4)6-2/h8-11,17-20,38H,5-7,12-16H2,1-4H3,(H,36,37). The van der Waals surface area contributed by atoms with Crippen LogP contribution < -0.4 is 9.62 Å². The highest BCUT2D eigenvalue weighted by Gasteiger charge is 2.27. The number of fused-ring (bicyclic) bond motifs is 1. The zero-order chi connectivity index (χ0) is 33.9. The molecule has 4 aromatic rings. The molecule has 11 nitrogen and oxygen atoms in total. The van der Waals surface area contributed by atoms with Crippen molar-refractivity contribution in [2.45, 2.75) is 33.6 Å². The molecule has 0 unspecified atom stereocenters. The Labute approximate surface area is 272 Å². The number of rotatable bonds is 11. The maximum Gasteiger partial charge on any atom is 0.409 e. The van der Waals surface area contributed by atoms with Gasteiger partial charge in [0, 0.05) is 74.4 Å². The molecular weight excluding hydrogens is 630 g/mol. The molecule has 0 atom stereocenters. The van der Waals surface area contributed by atoms with Crippen LogP contribution in [0.25, 0.3) is 22.2 Å². The maximum absolute atomic E-state index is 15.5. The van der Waals surface area contributed by atoms with Gasteiger partial charge < -0.3 is 19.5 Å². The zero-order valence-electron chi connectivity index (χ0n) is 26.8. The van der Waals surface area contributed by atoms with E-state index in [1.165, 1.54) is 13.2 Å². The number of halogens is 2. The summed E-state index contributed by atoms with van der Waals surface area (Å²) < 4.78 is 63.8. The van der Waals surface area contributed by atoms with Crippen LogP contribution in [0.1, 0.15) is 48.2 Å². The molecule has 47 heavy (non-hydrogen) atoms. The molecule has 1 saturated heterocycles. The quantitative estimate of drug-likeness (QED) is 0.155. The first-order valence-electron chi connectivity index (χ1n) is 15.5. The van der Waals surface area contributed by atoms with Crippen molar-refractivity contribution in [1.82, 2.24) is 19.2 Å². The molecule has 2 aromatic heterocycles. The van der Waals surface area contributed by atoms with Gasteiger partial charge in [0.2, 0.25) is 5.78 Å². The van der Waals surface area contributed by atoms with Crippen molar-refractivity contribution < 1.29 is 31.5 Å². The molecule has 1 aliphatic rings. The molecule has 250 valence electrons. The molecular formula is C33H38F2N6O5S. The number of hydrogen-bond donors (Lipinski definition) is 2. The topological polar surface area (TPSA) is 128 Å². The van der Waals surface area contributed by atoms with Gasteiger partial charge in [0.15, 0.2) is 5.82 Å². The van der Waals surface area contributed by atoms with Gasteiger partial charge in [-0.25, -0.2) is 18.6 Å². The molecule has 1 amide bonds. The lowest BCUT2D eigenvalue weighted by Gasteiger charge is -2.35. The number of amides is 1. The Morgan fingerprint density at radius 3 is 2.51 bits per heavy atom. The lowest BCUT2D eigenvalue weighted by Crippen LogP contribution is -2.49. The van der Waals surface area contributed by atoms with Gasteiger partial charge in [-0.3, -0.25) is 9.52 Å². The highest BCUT2D eigenvalue weighted by Crippen LogP contribution is 2.32. The number of nitrogens with zero attached hydrogens (tertiary/aromatic N) is 4. The van der Waals surface area contributed by atoms with Gasteiger partial charge in [-0.15, -0.1) is 0 Å². The number of nitrogens with one attached hydrogen (secondary N) is 2. The Hall–Kier alpha value is -4.56. The number of ketones is 1. The second-order valence-electron chi connectivity index (χ2n) is 11.4. The summed E-state index contributed by atoms with van der Waals surface area (Å²) in [6.45, 7) is 8.59. The van der Waals surface area contributed by atoms with E-state index in [0.29, 0.717) is 49.4 Å². The Kier molecular flexibility index (Phi) is 10.1. The fourth-order valence-electron chi connectivity index (χ4n) is 5.41. The summed E-state index contributed by atoms with van der Waals surface area (Å²) in [6, 6.07) is 9.50. The second-order valence-corrected chi connectivity index (χ2v) is 13.2. The summed E-state index contributed by atoms with van der Waals surface area (Å²) in [5.74, 6) is -3.41. The Morgan fingerprint density at radius 1 is 1.09 bits per heavy atom. The van der Waals surface area contributed by atoms with Crippen molar-refractivity contribution in [3.8, 4) is 11.1 Å². The molecule has 0 aliphatic carbocycles. The van der Waals surface area contributed by atoms with Crippen LogP contribution in [0.3, 0.4) is 0 Å². The predicted octanol–water partition coefficient (Wildman–Crippen LogP) is 5.71. The SMILES string of the molecule is CCCCOC(=O)N1CCN(c2ccc(-c3cnc4[nH]cc(C(=O)c5c(F)ccc(NS(=O)(=O)N(C)CC)c5F)c4c3)c(C)c2)CC1. The minimum Gasteiger partial charge on any atom is -0.449 e. The molecule has 2 aromatic carbocycles. The number of anilines is 2. The number of piperazine rings is 1. The highest BCUT2D eigenvalue weighted by atomic mass is 32.2. The van der Waals surface area contributed by atoms with Crippen molar-refractivity contribution in [2.75, 3.05) is 56.0 Å². The van der Waals surface area contributed by atoms with E-state index in [1.54, 1.807) is 24.1 Å². The van der Waals surface area contributed by atoms with Gasteiger partial charge >= 0.3 is 16.3 Å². The fraction of sp³-hybridized carbons (Fsp3) is 0.364. The summed E-state index contributed by atoms with van der Waals surface area (Å²) in [6.07, 6.45) is 4.51. The number of H-pyrrole nitrogens is 1. The highest BCUT2D eigenvalue weighted by molar-refractivity contribution is 7.90. The van der Waals surface area contributed by atoms with Crippen LogP contribution in [0.15, 0.2) is 48.8 Å². The summed E-state index contributed by atoms with van der Waals surface area (Å²) in [5.41, 5.74) is 2.40. The molecule has 1 aliphatic heterocycles. The van der Waals surface area contributed by atoms with E-state index in [9.17, 15) is 22.4 Å². The van der Waals surface area contributed by atoms with Crippen LogP contribution >= 0.6 is 0 Å². The lowest BCUT2D eigenvalue weighted by atomic mass is 9.97. The first-order chi connectivity index (χ1) is 22.4. The third-order valence-corrected chi connectivity index (χ3v) is 9.89. The number of carbonyl (C=O) groups is 2. The van der Waals surface area contributed by atoms with Crippen LogP contribution in [0.4, 0.5) is 25.0 Å². The second kappa shape index (κ2) is 14.1. The van der Waals surface area contributed by atoms with E-state index >= 15 is 4.39 Å². The van der Waals surface area contributed by atoms with E-state index in [1.807, 2.05) is 32.0 Å². The molecule has 5 rings (SSSR count). The fourth-order valence-corrected chi connectivity index (χ4v) is 6.34. The van der Waals surface area contributed by atoms with Crippen LogP contribution in [0.5, 0.6) is 0 Å². The number of unbranched alkanes of at least 4 members (excludes halogenated alkanes) is 1. The van der Waals surface area contributed by atoms with Crippen LogP contribution in [0.2, 0.25) is 0 Å². The molecule has 3 heterocycles. The minimum absolute atomic E-state index is 0.0156. The van der Waals surface area contributed by atoms with Crippen molar-refractivity contribution in [1.29, 1.82) is 0 Å². The molecule has 14 heteroatoms. The molecule has 2 N–H and O–H groups in total. The lowest BCUT2D eigenvalue weighted by molar-refractivity contribution is 0.0988. The van der Waals surface area contributed by atoms with Crippen LogP contribution in [-0.2, 0) is 14.9 Å². The Morgan fingerprint density at radius 2 is 1.83 bits per heavy atom. The summed E-state index contributed by atoms with van der Waals surface area (Å²) >= 11 is 0. The summed E-state index contributed by atoms with van der Waals surface area (Å²) in [7, 11) is -2.82. The molecule has 0 spiro atoms. The summed E-state index contributed by atoms with van der Waals surface area (Å²) in [5, 5.41) is 0.355. The third-order valence-electron chi connectivity index (χ3n) is 8.34. The Balaban J connectivity index is 1.37. The van der Waals surface area contributed by atoms with E-state index in [4.69, 9.17) is 4.74 Å². The van der Waals surface area contributed by atoms with E-state index < -0.39 is 38.9 Å². The van der Waals surface area contributed by atoms with Gasteiger partial charge in [0.05, 0.1) is 17.9 Å². The minimum atomic E-state index is -4.12. The summed E-state index contributed by atoms with van der Waals surface area (Å²) in [4.78, 5) is 37.2. The third kappa shape index (κ3) is 7.08. The number of pyridine rings is 1. The van der Waals surface area contributed by atoms with Crippen molar-refractivity contribution >= 4 is 44.5 Å². The van der Waals surface area contributed by atoms with Crippen LogP contribution in [0, 0.1) is 18.6 Å². The van der Waals surface area contributed by atoms with E-state index in [-0.39, 0.29) is 18.2 Å². The number of aromatic nitrogens is 2. The van der Waals surface area contributed by atoms with Crippen molar-refractivity contribution in [3.63, 3.8) is 0 Å². The monoisotopic (exact) mass is 668 g/mol. The first-order valence-corrected chi connectivity index (χ1v) is 16.9. The van der Waals surface area contributed by atoms with Gasteiger partial charge in [-0.2, -0.15) is 12.7 Å². The number of benzene rings is 2. The van der Waals surface area contributed by atoms with Gasteiger partial charge in [0.25, 0.3) is 0 Å². The maximum atomic E-state index is 15.5. The number of hydrogen-bond acceptors (Lipinski definition) is 7. The number of aryl methyl sites for hydroxylation is 1. The number of ether oxygens (including phenoxy) is 1. The largest absolute Gasteiger partial charge is 0.449 e. The predicted molar refractivity (Wildman–Crippen MR) is 177 cm³/mol. The zero-order valence-corrected chi connectivity index (χ0v) is 27.6. The van der Waals surface area contributed by atoms with Crippen LogP contribution in [-0.4, -0.2) is 85.8 Å². The molecule has 0 saturated carbocycles.